The number of ether oxygens (including phenoxy) is 1. The summed E-state index contributed by atoms with van der Waals surface area (Å²) < 4.78 is 21.0. The Morgan fingerprint density at radius 2 is 1.96 bits per heavy atom. The lowest BCUT2D eigenvalue weighted by Gasteiger charge is -2.12. The minimum atomic E-state index is -0.349. The van der Waals surface area contributed by atoms with Crippen molar-refractivity contribution < 1.29 is 9.13 Å². The molecule has 0 unspecified atom stereocenters. The Labute approximate surface area is 136 Å². The number of hydrogen-bond donors (Lipinski definition) is 2. The van der Waals surface area contributed by atoms with E-state index in [9.17, 15) is 4.39 Å². The standard InChI is InChI=1S/C17H23FN4O/c1-4-23-16-6-5-13(9-15(16)18)10-20-17(19-2)21-11-14-7-8-22(3)12-14/h5-9,12H,4,10-11H2,1-3H3,(H2,19,20,21). The smallest absolute Gasteiger partial charge is 0.191 e. The van der Waals surface area contributed by atoms with Gasteiger partial charge in [-0.25, -0.2) is 4.39 Å². The molecule has 5 nitrogen and oxygen atoms in total. The summed E-state index contributed by atoms with van der Waals surface area (Å²) in [6.45, 7) is 3.44. The molecule has 124 valence electrons. The van der Waals surface area contributed by atoms with Gasteiger partial charge in [0.1, 0.15) is 0 Å². The molecule has 0 spiro atoms. The fourth-order valence-corrected chi connectivity index (χ4v) is 2.18. The van der Waals surface area contributed by atoms with E-state index >= 15 is 0 Å². The minimum Gasteiger partial charge on any atom is -0.491 e. The van der Waals surface area contributed by atoms with Crippen molar-refractivity contribution in [2.45, 2.75) is 20.0 Å². The average Bonchev–Trinajstić information content (AvgIpc) is 2.95. The summed E-state index contributed by atoms with van der Waals surface area (Å²) in [5, 5.41) is 6.39. The number of halogens is 1. The maximum atomic E-state index is 13.8. The molecule has 0 aliphatic heterocycles. The maximum Gasteiger partial charge on any atom is 0.191 e. The Kier molecular flexibility index (Phi) is 6.02. The lowest BCUT2D eigenvalue weighted by Crippen LogP contribution is -2.36. The summed E-state index contributed by atoms with van der Waals surface area (Å²) in [7, 11) is 3.69. The molecule has 0 aliphatic rings. The number of aryl methyl sites for hydroxylation is 1. The Bertz CT molecular complexity index is 666. The van der Waals surface area contributed by atoms with Gasteiger partial charge in [0.15, 0.2) is 17.5 Å². The number of benzene rings is 1. The van der Waals surface area contributed by atoms with E-state index in [2.05, 4.69) is 15.6 Å². The topological polar surface area (TPSA) is 50.6 Å². The summed E-state index contributed by atoms with van der Waals surface area (Å²) in [5.74, 6) is 0.601. The molecule has 0 fully saturated rings. The van der Waals surface area contributed by atoms with Crippen LogP contribution >= 0.6 is 0 Å². The highest BCUT2D eigenvalue weighted by Gasteiger charge is 2.05. The third kappa shape index (κ3) is 5.02. The molecule has 23 heavy (non-hydrogen) atoms. The number of aliphatic imine (C=N–C) groups is 1. The molecule has 0 amide bonds. The quantitative estimate of drug-likeness (QED) is 0.635. The largest absolute Gasteiger partial charge is 0.491 e. The van der Waals surface area contributed by atoms with Crippen LogP contribution in [0.5, 0.6) is 5.75 Å². The molecule has 0 bridgehead atoms. The molecule has 0 saturated carbocycles. The molecular formula is C17H23FN4O. The maximum absolute atomic E-state index is 13.8. The van der Waals surface area contributed by atoms with Crippen molar-refractivity contribution in [2.24, 2.45) is 12.0 Å². The van der Waals surface area contributed by atoms with Crippen LogP contribution in [0, 0.1) is 5.82 Å². The van der Waals surface area contributed by atoms with Crippen LogP contribution in [0.15, 0.2) is 41.7 Å². The first-order chi connectivity index (χ1) is 11.1. The van der Waals surface area contributed by atoms with Crippen molar-refractivity contribution in [1.82, 2.24) is 15.2 Å². The summed E-state index contributed by atoms with van der Waals surface area (Å²) in [6, 6.07) is 7.01. The molecule has 2 rings (SSSR count). The van der Waals surface area contributed by atoms with E-state index in [0.29, 0.717) is 25.7 Å². The predicted octanol–water partition coefficient (Wildman–Crippen LogP) is 2.43. The van der Waals surface area contributed by atoms with Crippen molar-refractivity contribution in [3.8, 4) is 5.75 Å². The molecule has 0 aliphatic carbocycles. The minimum absolute atomic E-state index is 0.280. The highest BCUT2D eigenvalue weighted by molar-refractivity contribution is 5.79. The number of nitrogens with zero attached hydrogens (tertiary/aromatic N) is 2. The van der Waals surface area contributed by atoms with E-state index in [1.54, 1.807) is 13.1 Å². The van der Waals surface area contributed by atoms with Gasteiger partial charge in [-0.15, -0.1) is 0 Å². The summed E-state index contributed by atoms with van der Waals surface area (Å²) >= 11 is 0. The normalized spacial score (nSPS) is 11.4. The number of aromatic nitrogens is 1. The molecule has 2 aromatic rings. The predicted molar refractivity (Wildman–Crippen MR) is 90.0 cm³/mol. The van der Waals surface area contributed by atoms with Gasteiger partial charge in [-0.2, -0.15) is 0 Å². The van der Waals surface area contributed by atoms with Gasteiger partial charge >= 0.3 is 0 Å². The lowest BCUT2D eigenvalue weighted by molar-refractivity contribution is 0.321. The first-order valence-electron chi connectivity index (χ1n) is 7.59. The van der Waals surface area contributed by atoms with E-state index in [1.807, 2.05) is 43.1 Å². The van der Waals surface area contributed by atoms with Gasteiger partial charge in [-0.3, -0.25) is 4.99 Å². The number of hydrogen-bond acceptors (Lipinski definition) is 2. The van der Waals surface area contributed by atoms with Crippen molar-refractivity contribution in [2.75, 3.05) is 13.7 Å². The van der Waals surface area contributed by atoms with Crippen LogP contribution in [0.3, 0.4) is 0 Å². The number of rotatable bonds is 6. The van der Waals surface area contributed by atoms with Crippen molar-refractivity contribution in [1.29, 1.82) is 0 Å². The van der Waals surface area contributed by atoms with Crippen LogP contribution in [0.25, 0.3) is 0 Å². The summed E-state index contributed by atoms with van der Waals surface area (Å²) in [5.41, 5.74) is 2.00. The highest BCUT2D eigenvalue weighted by atomic mass is 19.1. The van der Waals surface area contributed by atoms with Crippen LogP contribution in [0.1, 0.15) is 18.1 Å². The zero-order chi connectivity index (χ0) is 16.7. The average molecular weight is 318 g/mol. The van der Waals surface area contributed by atoms with Gasteiger partial charge in [0.05, 0.1) is 6.61 Å². The first-order valence-corrected chi connectivity index (χ1v) is 7.59. The second kappa shape index (κ2) is 8.22. The van der Waals surface area contributed by atoms with Crippen molar-refractivity contribution in [3.05, 3.63) is 53.6 Å². The molecular weight excluding hydrogens is 295 g/mol. The molecule has 1 aromatic carbocycles. The molecule has 0 radical (unpaired) electrons. The van der Waals surface area contributed by atoms with Crippen LogP contribution in [0.4, 0.5) is 4.39 Å². The zero-order valence-corrected chi connectivity index (χ0v) is 13.8. The van der Waals surface area contributed by atoms with Crippen LogP contribution in [0.2, 0.25) is 0 Å². The van der Waals surface area contributed by atoms with Gasteiger partial charge in [-0.05, 0) is 36.2 Å². The fourth-order valence-electron chi connectivity index (χ4n) is 2.18. The van der Waals surface area contributed by atoms with Crippen LogP contribution in [-0.4, -0.2) is 24.2 Å². The number of guanidine groups is 1. The molecule has 0 atom stereocenters. The van der Waals surface area contributed by atoms with E-state index < -0.39 is 0 Å². The number of nitrogens with one attached hydrogen (secondary N) is 2. The fraction of sp³-hybridized carbons (Fsp3) is 0.353. The third-order valence-electron chi connectivity index (χ3n) is 3.33. The first kappa shape index (κ1) is 16.9. The third-order valence-corrected chi connectivity index (χ3v) is 3.33. The Morgan fingerprint density at radius 3 is 2.52 bits per heavy atom. The van der Waals surface area contributed by atoms with Gasteiger partial charge < -0.3 is 19.9 Å². The van der Waals surface area contributed by atoms with E-state index in [0.717, 1.165) is 5.56 Å². The summed E-state index contributed by atoms with van der Waals surface area (Å²) in [4.78, 5) is 4.16. The Morgan fingerprint density at radius 1 is 1.22 bits per heavy atom. The van der Waals surface area contributed by atoms with Crippen molar-refractivity contribution >= 4 is 5.96 Å². The van der Waals surface area contributed by atoms with Gasteiger partial charge in [0.25, 0.3) is 0 Å². The van der Waals surface area contributed by atoms with Crippen LogP contribution in [-0.2, 0) is 20.1 Å². The second-order valence-electron chi connectivity index (χ2n) is 5.16. The van der Waals surface area contributed by atoms with E-state index in [-0.39, 0.29) is 11.6 Å². The van der Waals surface area contributed by atoms with E-state index in [4.69, 9.17) is 4.74 Å². The Balaban J connectivity index is 1.86. The summed E-state index contributed by atoms with van der Waals surface area (Å²) in [6.07, 6.45) is 4.04. The molecule has 6 heteroatoms. The van der Waals surface area contributed by atoms with Gasteiger partial charge in [0, 0.05) is 39.6 Å². The Hall–Kier alpha value is -2.50. The van der Waals surface area contributed by atoms with Crippen molar-refractivity contribution in [3.63, 3.8) is 0 Å². The lowest BCUT2D eigenvalue weighted by atomic mass is 10.2. The molecule has 0 saturated heterocycles. The second-order valence-corrected chi connectivity index (χ2v) is 5.16. The monoisotopic (exact) mass is 318 g/mol. The SMILES string of the molecule is CCOc1ccc(CNC(=NC)NCc2ccn(C)c2)cc1F. The van der Waals surface area contributed by atoms with E-state index in [1.165, 1.54) is 11.6 Å². The highest BCUT2D eigenvalue weighted by Crippen LogP contribution is 2.18. The van der Waals surface area contributed by atoms with Crippen LogP contribution < -0.4 is 15.4 Å². The van der Waals surface area contributed by atoms with Gasteiger partial charge in [-0.1, -0.05) is 6.07 Å². The molecule has 2 N–H and O–H groups in total. The molecule has 1 heterocycles. The van der Waals surface area contributed by atoms with Gasteiger partial charge in [0.2, 0.25) is 0 Å². The zero-order valence-electron chi connectivity index (χ0n) is 13.8. The molecule has 1 aromatic heterocycles.